The maximum absolute atomic E-state index is 12.7. The molecule has 0 saturated heterocycles. The van der Waals surface area contributed by atoms with Gasteiger partial charge in [-0.15, -0.1) is 0 Å². The van der Waals surface area contributed by atoms with E-state index in [1.54, 1.807) is 18.3 Å². The topological polar surface area (TPSA) is 67.9 Å². The molecular formula is C31H20N4ORb+. The van der Waals surface area contributed by atoms with Gasteiger partial charge in [0.1, 0.15) is 5.69 Å². The van der Waals surface area contributed by atoms with E-state index in [-0.39, 0.29) is 63.9 Å². The first kappa shape index (κ1) is 24.1. The van der Waals surface area contributed by atoms with Crippen molar-refractivity contribution in [3.8, 4) is 34.1 Å². The Morgan fingerprint density at radius 1 is 0.676 bits per heavy atom. The average Bonchev–Trinajstić information content (AvgIpc) is 3.34. The molecule has 0 radical (unpaired) electrons. The predicted molar refractivity (Wildman–Crippen MR) is 141 cm³/mol. The summed E-state index contributed by atoms with van der Waals surface area (Å²) in [5.41, 5.74) is 7.00. The average molecular weight is 550 g/mol. The number of rotatable bonds is 3. The SMILES string of the molecule is [O-]c1cccc2c1[nH+]c(-c1ccccc1)n2-c1cccc(-c2ccc3ccc4cccnc4c3n2)c1.[Rb+]. The minimum absolute atomic E-state index is 0. The molecule has 1 N–H and O–H groups in total. The van der Waals surface area contributed by atoms with Gasteiger partial charge in [-0.25, -0.2) is 9.97 Å². The number of benzene rings is 4. The predicted octanol–water partition coefficient (Wildman–Crippen LogP) is 2.95. The summed E-state index contributed by atoms with van der Waals surface area (Å²) in [4.78, 5) is 13.0. The van der Waals surface area contributed by atoms with Crippen molar-refractivity contribution >= 4 is 32.8 Å². The van der Waals surface area contributed by atoms with E-state index >= 15 is 0 Å². The Kier molecular flexibility index (Phi) is 6.47. The van der Waals surface area contributed by atoms with Crippen molar-refractivity contribution in [1.82, 2.24) is 14.5 Å². The van der Waals surface area contributed by atoms with Crippen LogP contribution in [0.4, 0.5) is 0 Å². The molecule has 0 saturated carbocycles. The summed E-state index contributed by atoms with van der Waals surface area (Å²) >= 11 is 0. The van der Waals surface area contributed by atoms with Gasteiger partial charge in [0.15, 0.2) is 11.0 Å². The first-order chi connectivity index (χ1) is 17.8. The van der Waals surface area contributed by atoms with E-state index in [0.29, 0.717) is 5.52 Å². The maximum atomic E-state index is 12.7. The molecular weight excluding hydrogens is 530 g/mol. The number of nitrogens with one attached hydrogen (secondary N) is 1. The van der Waals surface area contributed by atoms with Crippen LogP contribution in [-0.2, 0) is 0 Å². The van der Waals surface area contributed by atoms with Gasteiger partial charge in [0.2, 0.25) is 0 Å². The van der Waals surface area contributed by atoms with E-state index in [1.165, 1.54) is 0 Å². The van der Waals surface area contributed by atoms with Gasteiger partial charge in [-0.2, -0.15) is 4.57 Å². The minimum Gasteiger partial charge on any atom is -0.869 e. The molecule has 0 bridgehead atoms. The Morgan fingerprint density at radius 3 is 2.30 bits per heavy atom. The Hall–Kier alpha value is -3.22. The molecule has 37 heavy (non-hydrogen) atoms. The van der Waals surface area contributed by atoms with E-state index in [2.05, 4.69) is 57.0 Å². The van der Waals surface area contributed by atoms with Crippen LogP contribution in [0, 0.1) is 0 Å². The summed E-state index contributed by atoms with van der Waals surface area (Å²) in [6, 6.07) is 36.0. The van der Waals surface area contributed by atoms with E-state index in [0.717, 1.165) is 55.7 Å². The molecule has 0 spiro atoms. The molecule has 7 rings (SSSR count). The molecule has 5 nitrogen and oxygen atoms in total. The Bertz CT molecular complexity index is 1910. The number of aromatic amines is 1. The number of hydrogen-bond acceptors (Lipinski definition) is 3. The second-order valence-electron chi connectivity index (χ2n) is 8.78. The molecule has 0 aliphatic rings. The van der Waals surface area contributed by atoms with Crippen LogP contribution in [0.5, 0.6) is 5.75 Å². The van der Waals surface area contributed by atoms with Crippen molar-refractivity contribution in [2.75, 3.05) is 0 Å². The molecule has 3 heterocycles. The normalized spacial score (nSPS) is 11.1. The van der Waals surface area contributed by atoms with Gasteiger partial charge >= 0.3 is 58.2 Å². The van der Waals surface area contributed by atoms with Gasteiger partial charge in [0, 0.05) is 22.5 Å². The Balaban J connectivity index is 0.00000252. The van der Waals surface area contributed by atoms with Crippen molar-refractivity contribution in [2.45, 2.75) is 0 Å². The molecule has 0 unspecified atom stereocenters. The Labute approximate surface area is 262 Å². The molecule has 0 atom stereocenters. The fraction of sp³-hybridized carbons (Fsp3) is 0. The number of pyridine rings is 2. The number of imidazole rings is 1. The molecule has 7 aromatic rings. The third-order valence-corrected chi connectivity index (χ3v) is 6.59. The van der Waals surface area contributed by atoms with Crippen LogP contribution in [0.25, 0.3) is 61.2 Å². The van der Waals surface area contributed by atoms with E-state index in [1.807, 2.05) is 54.6 Å². The van der Waals surface area contributed by atoms with Crippen LogP contribution >= 0.6 is 0 Å². The van der Waals surface area contributed by atoms with Gasteiger partial charge in [0.05, 0.1) is 22.3 Å². The van der Waals surface area contributed by atoms with E-state index in [4.69, 9.17) is 4.98 Å². The van der Waals surface area contributed by atoms with Gasteiger partial charge in [0.25, 0.3) is 5.82 Å². The van der Waals surface area contributed by atoms with Crippen LogP contribution < -0.4 is 68.3 Å². The van der Waals surface area contributed by atoms with Crippen molar-refractivity contribution in [3.05, 3.63) is 115 Å². The number of H-pyrrole nitrogens is 1. The molecule has 0 amide bonds. The van der Waals surface area contributed by atoms with Crippen LogP contribution in [0.15, 0.2) is 115 Å². The second kappa shape index (κ2) is 9.91. The summed E-state index contributed by atoms with van der Waals surface area (Å²) in [5.74, 6) is 0.822. The zero-order chi connectivity index (χ0) is 24.1. The van der Waals surface area contributed by atoms with Crippen LogP contribution in [0.2, 0.25) is 0 Å². The largest absolute Gasteiger partial charge is 1.00 e. The van der Waals surface area contributed by atoms with Crippen molar-refractivity contribution in [1.29, 1.82) is 0 Å². The van der Waals surface area contributed by atoms with Crippen molar-refractivity contribution < 1.29 is 68.3 Å². The van der Waals surface area contributed by atoms with E-state index in [9.17, 15) is 5.11 Å². The Morgan fingerprint density at radius 2 is 1.43 bits per heavy atom. The van der Waals surface area contributed by atoms with Crippen molar-refractivity contribution in [2.24, 2.45) is 0 Å². The number of hydrogen-bond donors (Lipinski definition) is 0. The summed E-state index contributed by atoms with van der Waals surface area (Å²) in [7, 11) is 0. The second-order valence-corrected chi connectivity index (χ2v) is 8.78. The molecule has 0 fully saturated rings. The summed E-state index contributed by atoms with van der Waals surface area (Å²) in [5, 5.41) is 14.8. The third kappa shape index (κ3) is 4.22. The van der Waals surface area contributed by atoms with Crippen LogP contribution in [-0.4, -0.2) is 14.5 Å². The van der Waals surface area contributed by atoms with Gasteiger partial charge in [-0.05, 0) is 42.5 Å². The number of fused-ring (bicyclic) bond motifs is 4. The minimum atomic E-state index is -0.0323. The first-order valence-electron chi connectivity index (χ1n) is 11.8. The standard InChI is InChI=1S/C31H20N4O.Rb/c36-27-13-5-12-26-30(27)34-31(22-7-2-1-3-8-22)35(26)24-11-4-9-23(19-24)25-17-16-21-15-14-20-10-6-18-32-28(20)29(21)33-25;/h1-19,36H;/q;+1. The number of para-hydroxylation sites is 1. The first-order valence-corrected chi connectivity index (χ1v) is 11.8. The fourth-order valence-electron chi connectivity index (χ4n) is 4.88. The van der Waals surface area contributed by atoms with Crippen LogP contribution in [0.3, 0.4) is 0 Å². The molecule has 6 heteroatoms. The monoisotopic (exact) mass is 549 g/mol. The molecule has 0 aliphatic heterocycles. The van der Waals surface area contributed by atoms with Gasteiger partial charge in [-0.3, -0.25) is 4.98 Å². The zero-order valence-electron chi connectivity index (χ0n) is 20.2. The molecule has 0 aliphatic carbocycles. The molecule has 4 aromatic carbocycles. The van der Waals surface area contributed by atoms with Crippen molar-refractivity contribution in [3.63, 3.8) is 0 Å². The zero-order valence-corrected chi connectivity index (χ0v) is 25.1. The number of aromatic nitrogens is 4. The quantitative estimate of drug-likeness (QED) is 0.318. The van der Waals surface area contributed by atoms with E-state index < -0.39 is 0 Å². The molecule has 3 aromatic heterocycles. The maximum Gasteiger partial charge on any atom is 1.00 e. The van der Waals surface area contributed by atoms with Gasteiger partial charge < -0.3 is 5.11 Å². The molecule has 170 valence electrons. The van der Waals surface area contributed by atoms with Gasteiger partial charge in [-0.1, -0.05) is 72.5 Å². The third-order valence-electron chi connectivity index (χ3n) is 6.59. The smallest absolute Gasteiger partial charge is 0.869 e. The number of nitrogens with zero attached hydrogens (tertiary/aromatic N) is 3. The fourth-order valence-corrected chi connectivity index (χ4v) is 4.88. The summed E-state index contributed by atoms with van der Waals surface area (Å²) < 4.78 is 2.10. The summed E-state index contributed by atoms with van der Waals surface area (Å²) in [6.07, 6.45) is 1.81. The van der Waals surface area contributed by atoms with Crippen LogP contribution in [0.1, 0.15) is 0 Å². The summed E-state index contributed by atoms with van der Waals surface area (Å²) in [6.45, 7) is 0.